The van der Waals surface area contributed by atoms with Gasteiger partial charge in [0.15, 0.2) is 0 Å². The molecule has 4 fully saturated rings. The van der Waals surface area contributed by atoms with Crippen molar-refractivity contribution < 1.29 is 37.3 Å². The van der Waals surface area contributed by atoms with Gasteiger partial charge in [-0.15, -0.1) is 0 Å². The highest BCUT2D eigenvalue weighted by molar-refractivity contribution is 5.76. The van der Waals surface area contributed by atoms with Crippen molar-refractivity contribution in [1.82, 2.24) is 0 Å². The van der Waals surface area contributed by atoms with Gasteiger partial charge in [-0.3, -0.25) is 0 Å². The molecule has 29 heavy (non-hydrogen) atoms. The molecular weight excluding hydrogens is 386 g/mol. The largest absolute Gasteiger partial charge is 0.508 e. The molecule has 0 aromatic heterocycles. The van der Waals surface area contributed by atoms with Gasteiger partial charge in [0.1, 0.15) is 18.8 Å². The fourth-order valence-electron chi connectivity index (χ4n) is 5.53. The van der Waals surface area contributed by atoms with Gasteiger partial charge >= 0.3 is 18.0 Å². The Hall–Kier alpha value is -1.44. The van der Waals surface area contributed by atoms with Crippen molar-refractivity contribution >= 4 is 12.1 Å². The van der Waals surface area contributed by atoms with Gasteiger partial charge in [-0.1, -0.05) is 0 Å². The summed E-state index contributed by atoms with van der Waals surface area (Å²) in [5.41, 5.74) is -0.604. The van der Waals surface area contributed by atoms with Crippen LogP contribution >= 0.6 is 0 Å². The first-order valence-corrected chi connectivity index (χ1v) is 10.4. The van der Waals surface area contributed by atoms with Gasteiger partial charge in [-0.25, -0.2) is 9.59 Å². The Kier molecular flexibility index (Phi) is 6.14. The van der Waals surface area contributed by atoms with Crippen molar-refractivity contribution in [1.29, 1.82) is 0 Å². The standard InChI is InChI=1S/C21H32F2O6/c1-19(2,3)29-18(25)28-12-21-9-13-7-14(10-21)16(15(8-13)11-21)26-5-6-27-17(24)20(4,22)23/h13-16H,5-12H2,1-4H3. The first kappa shape index (κ1) is 22.2. The van der Waals surface area contributed by atoms with Crippen LogP contribution in [0.5, 0.6) is 0 Å². The van der Waals surface area contributed by atoms with Crippen LogP contribution in [0.15, 0.2) is 0 Å². The maximum Gasteiger partial charge on any atom is 0.508 e. The number of carbonyl (C=O) groups is 2. The lowest BCUT2D eigenvalue weighted by Gasteiger charge is -2.59. The zero-order chi connectivity index (χ0) is 21.4. The zero-order valence-electron chi connectivity index (χ0n) is 17.7. The van der Waals surface area contributed by atoms with E-state index in [0.29, 0.717) is 31.3 Å². The van der Waals surface area contributed by atoms with E-state index in [9.17, 15) is 18.4 Å². The number of esters is 1. The summed E-state index contributed by atoms with van der Waals surface area (Å²) in [5, 5.41) is 0. The third-order valence-electron chi connectivity index (χ3n) is 6.18. The van der Waals surface area contributed by atoms with Gasteiger partial charge in [-0.05, 0) is 70.6 Å². The Labute approximate surface area is 170 Å². The second-order valence-electron chi connectivity index (χ2n) is 10.1. The molecule has 4 aliphatic carbocycles. The minimum absolute atomic E-state index is 0.0238. The number of alkyl halides is 2. The van der Waals surface area contributed by atoms with Crippen LogP contribution in [0.4, 0.5) is 13.6 Å². The lowest BCUT2D eigenvalue weighted by atomic mass is 9.49. The summed E-state index contributed by atoms with van der Waals surface area (Å²) in [7, 11) is 0. The second kappa shape index (κ2) is 8.00. The number of hydrogen-bond acceptors (Lipinski definition) is 6. The molecule has 0 spiro atoms. The van der Waals surface area contributed by atoms with E-state index in [1.165, 1.54) is 0 Å². The molecule has 2 atom stereocenters. The molecule has 4 saturated carbocycles. The summed E-state index contributed by atoms with van der Waals surface area (Å²) in [5.74, 6) is -3.70. The lowest BCUT2D eigenvalue weighted by molar-refractivity contribution is -0.184. The first-order chi connectivity index (χ1) is 13.4. The van der Waals surface area contributed by atoms with E-state index in [0.717, 1.165) is 32.1 Å². The second-order valence-corrected chi connectivity index (χ2v) is 10.1. The number of ether oxygens (including phenoxy) is 4. The average molecular weight is 418 g/mol. The fourth-order valence-corrected chi connectivity index (χ4v) is 5.53. The predicted molar refractivity (Wildman–Crippen MR) is 99.5 cm³/mol. The van der Waals surface area contributed by atoms with Crippen LogP contribution in [0.3, 0.4) is 0 Å². The van der Waals surface area contributed by atoms with Crippen LogP contribution in [-0.2, 0) is 23.7 Å². The average Bonchev–Trinajstić information content (AvgIpc) is 2.56. The highest BCUT2D eigenvalue weighted by Gasteiger charge is 2.56. The highest BCUT2D eigenvalue weighted by Crippen LogP contribution is 2.60. The molecule has 8 heteroatoms. The van der Waals surface area contributed by atoms with Crippen LogP contribution in [0.1, 0.15) is 59.8 Å². The molecule has 4 aliphatic rings. The summed E-state index contributed by atoms with van der Waals surface area (Å²) in [6, 6.07) is 0. The van der Waals surface area contributed by atoms with Crippen LogP contribution in [0, 0.1) is 23.2 Å². The predicted octanol–water partition coefficient (Wildman–Crippen LogP) is 4.35. The molecule has 6 nitrogen and oxygen atoms in total. The maximum absolute atomic E-state index is 12.8. The van der Waals surface area contributed by atoms with Crippen molar-refractivity contribution in [3.63, 3.8) is 0 Å². The molecule has 0 aromatic carbocycles. The van der Waals surface area contributed by atoms with Gasteiger partial charge in [0, 0.05) is 12.3 Å². The van der Waals surface area contributed by atoms with Crippen molar-refractivity contribution in [3.8, 4) is 0 Å². The monoisotopic (exact) mass is 418 g/mol. The Morgan fingerprint density at radius 2 is 1.59 bits per heavy atom. The summed E-state index contributed by atoms with van der Waals surface area (Å²) in [6.07, 6.45) is 4.45. The van der Waals surface area contributed by atoms with Crippen molar-refractivity contribution in [3.05, 3.63) is 0 Å². The molecule has 0 radical (unpaired) electrons. The van der Waals surface area contributed by atoms with Crippen molar-refractivity contribution in [2.45, 2.75) is 77.4 Å². The Morgan fingerprint density at radius 1 is 0.966 bits per heavy atom. The fraction of sp³-hybridized carbons (Fsp3) is 0.905. The van der Waals surface area contributed by atoms with Crippen LogP contribution in [0.25, 0.3) is 0 Å². The normalized spacial score (nSPS) is 33.4. The van der Waals surface area contributed by atoms with E-state index < -0.39 is 23.6 Å². The molecule has 2 unspecified atom stereocenters. The molecular formula is C21H32F2O6. The third-order valence-corrected chi connectivity index (χ3v) is 6.18. The number of hydrogen-bond donors (Lipinski definition) is 0. The summed E-state index contributed by atoms with van der Waals surface area (Å²) < 4.78 is 46.9. The van der Waals surface area contributed by atoms with Gasteiger partial charge in [0.2, 0.25) is 0 Å². The molecule has 4 bridgehead atoms. The summed E-state index contributed by atoms with van der Waals surface area (Å²) >= 11 is 0. The minimum Gasteiger partial charge on any atom is -0.459 e. The topological polar surface area (TPSA) is 71.1 Å². The Bertz CT molecular complexity index is 608. The van der Waals surface area contributed by atoms with E-state index in [1.807, 2.05) is 0 Å². The molecule has 0 N–H and O–H groups in total. The third kappa shape index (κ3) is 5.58. The summed E-state index contributed by atoms with van der Waals surface area (Å²) in [4.78, 5) is 23.1. The van der Waals surface area contributed by atoms with Gasteiger partial charge in [-0.2, -0.15) is 8.78 Å². The molecule has 0 aliphatic heterocycles. The smallest absolute Gasteiger partial charge is 0.459 e. The van der Waals surface area contributed by atoms with Crippen LogP contribution in [0.2, 0.25) is 0 Å². The SMILES string of the molecule is CC(C)(C)OC(=O)OCC12CC3CC(C1)C(OCCOC(=O)C(C)(F)F)C(C3)C2. The van der Waals surface area contributed by atoms with Crippen LogP contribution in [-0.4, -0.2) is 49.6 Å². The maximum atomic E-state index is 12.8. The van der Waals surface area contributed by atoms with E-state index in [4.69, 9.17) is 14.2 Å². The molecule has 0 amide bonds. The highest BCUT2D eigenvalue weighted by atomic mass is 19.3. The minimum atomic E-state index is -3.48. The zero-order valence-corrected chi connectivity index (χ0v) is 17.7. The quantitative estimate of drug-likeness (QED) is 0.452. The number of rotatable bonds is 7. The number of halogens is 2. The van der Waals surface area contributed by atoms with Gasteiger partial charge < -0.3 is 18.9 Å². The Balaban J connectivity index is 1.48. The van der Waals surface area contributed by atoms with Gasteiger partial charge in [0.25, 0.3) is 0 Å². The molecule has 0 heterocycles. The summed E-state index contributed by atoms with van der Waals surface area (Å²) in [6.45, 7) is 6.24. The van der Waals surface area contributed by atoms with Gasteiger partial charge in [0.05, 0.1) is 12.7 Å². The molecule has 4 rings (SSSR count). The van der Waals surface area contributed by atoms with E-state index in [1.54, 1.807) is 20.8 Å². The number of carbonyl (C=O) groups excluding carboxylic acids is 2. The van der Waals surface area contributed by atoms with E-state index in [-0.39, 0.29) is 24.7 Å². The van der Waals surface area contributed by atoms with E-state index in [2.05, 4.69) is 4.74 Å². The Morgan fingerprint density at radius 3 is 2.14 bits per heavy atom. The molecule has 0 aromatic rings. The first-order valence-electron chi connectivity index (χ1n) is 10.4. The molecule has 0 saturated heterocycles. The van der Waals surface area contributed by atoms with Crippen molar-refractivity contribution in [2.24, 2.45) is 23.2 Å². The molecule has 166 valence electrons. The van der Waals surface area contributed by atoms with Crippen LogP contribution < -0.4 is 0 Å². The van der Waals surface area contributed by atoms with E-state index >= 15 is 0 Å². The lowest BCUT2D eigenvalue weighted by Crippen LogP contribution is -2.56. The van der Waals surface area contributed by atoms with Crippen molar-refractivity contribution in [2.75, 3.05) is 19.8 Å².